The van der Waals surface area contributed by atoms with Crippen molar-refractivity contribution in [2.75, 3.05) is 6.61 Å². The van der Waals surface area contributed by atoms with Crippen molar-refractivity contribution in [1.82, 2.24) is 4.98 Å². The Kier molecular flexibility index (Phi) is 3.71. The van der Waals surface area contributed by atoms with Crippen molar-refractivity contribution >= 4 is 16.7 Å². The van der Waals surface area contributed by atoms with Crippen LogP contribution in [0.3, 0.4) is 0 Å². The van der Waals surface area contributed by atoms with E-state index in [1.807, 2.05) is 48.5 Å². The molecule has 21 heavy (non-hydrogen) atoms. The van der Waals surface area contributed by atoms with E-state index in [9.17, 15) is 4.79 Å². The quantitative estimate of drug-likeness (QED) is 0.707. The third kappa shape index (κ3) is 2.66. The van der Waals surface area contributed by atoms with E-state index in [0.29, 0.717) is 23.3 Å². The maximum atomic E-state index is 11.8. The first kappa shape index (κ1) is 13.4. The van der Waals surface area contributed by atoms with E-state index in [2.05, 4.69) is 4.98 Å². The minimum atomic E-state index is -0.514. The monoisotopic (exact) mass is 281 g/mol. The molecule has 0 saturated heterocycles. The lowest BCUT2D eigenvalue weighted by Gasteiger charge is -2.08. The average molecular weight is 281 g/mol. The van der Waals surface area contributed by atoms with Crippen LogP contribution in [0.5, 0.6) is 5.75 Å². The average Bonchev–Trinajstić information content (AvgIpc) is 2.98. The van der Waals surface area contributed by atoms with Gasteiger partial charge in [0.1, 0.15) is 19.0 Å². The van der Waals surface area contributed by atoms with Gasteiger partial charge in [0.05, 0.1) is 5.39 Å². The Morgan fingerprint density at radius 1 is 1.10 bits per heavy atom. The standard InChI is InChI=1S/C17H15NO3/c19-10-15(20)13-9-18-14-7-4-8-16(17(13)14)21-11-12-5-2-1-3-6-12/h1-9,18-19H,10-11H2. The molecule has 4 heteroatoms. The summed E-state index contributed by atoms with van der Waals surface area (Å²) in [6.07, 6.45) is 1.61. The topological polar surface area (TPSA) is 62.3 Å². The van der Waals surface area contributed by atoms with Crippen LogP contribution in [0.25, 0.3) is 10.9 Å². The van der Waals surface area contributed by atoms with Crippen LogP contribution in [0, 0.1) is 0 Å². The fourth-order valence-electron chi connectivity index (χ4n) is 2.31. The van der Waals surface area contributed by atoms with Crippen molar-refractivity contribution in [3.8, 4) is 5.75 Å². The third-order valence-corrected chi connectivity index (χ3v) is 3.35. The van der Waals surface area contributed by atoms with Gasteiger partial charge in [-0.3, -0.25) is 4.79 Å². The molecular weight excluding hydrogens is 266 g/mol. The number of aliphatic hydroxyl groups excluding tert-OH is 1. The van der Waals surface area contributed by atoms with Gasteiger partial charge >= 0.3 is 0 Å². The Morgan fingerprint density at radius 2 is 1.90 bits per heavy atom. The first-order chi connectivity index (χ1) is 10.3. The number of nitrogens with one attached hydrogen (secondary N) is 1. The van der Waals surface area contributed by atoms with Gasteiger partial charge in [-0.15, -0.1) is 0 Å². The third-order valence-electron chi connectivity index (χ3n) is 3.35. The number of hydrogen-bond acceptors (Lipinski definition) is 3. The Labute approximate surface area is 122 Å². The lowest BCUT2D eigenvalue weighted by Crippen LogP contribution is -2.04. The van der Waals surface area contributed by atoms with E-state index in [1.54, 1.807) is 6.20 Å². The number of Topliss-reactive ketones (excluding diaryl/α,β-unsaturated/α-hetero) is 1. The molecule has 106 valence electrons. The SMILES string of the molecule is O=C(CO)c1c[nH]c2cccc(OCc3ccccc3)c12. The van der Waals surface area contributed by atoms with E-state index in [1.165, 1.54) is 0 Å². The predicted molar refractivity (Wildman–Crippen MR) is 80.5 cm³/mol. The largest absolute Gasteiger partial charge is 0.488 e. The number of aromatic nitrogens is 1. The first-order valence-electron chi connectivity index (χ1n) is 6.70. The predicted octanol–water partition coefficient (Wildman–Crippen LogP) is 2.92. The summed E-state index contributed by atoms with van der Waals surface area (Å²) in [6, 6.07) is 15.4. The Bertz CT molecular complexity index is 762. The molecule has 3 aromatic rings. The number of ether oxygens (including phenoxy) is 1. The van der Waals surface area contributed by atoms with Crippen molar-refractivity contribution in [3.63, 3.8) is 0 Å². The molecule has 0 radical (unpaired) electrons. The zero-order valence-corrected chi connectivity index (χ0v) is 11.4. The summed E-state index contributed by atoms with van der Waals surface area (Å²) in [5.41, 5.74) is 2.33. The molecule has 1 heterocycles. The van der Waals surface area contributed by atoms with E-state index in [4.69, 9.17) is 9.84 Å². The van der Waals surface area contributed by atoms with Gasteiger partial charge in [-0.1, -0.05) is 36.4 Å². The normalized spacial score (nSPS) is 10.7. The summed E-state index contributed by atoms with van der Waals surface area (Å²) in [4.78, 5) is 14.8. The number of aromatic amines is 1. The minimum absolute atomic E-state index is 0.322. The van der Waals surface area contributed by atoms with Gasteiger partial charge in [-0.05, 0) is 17.7 Å². The van der Waals surface area contributed by atoms with Gasteiger partial charge in [-0.2, -0.15) is 0 Å². The van der Waals surface area contributed by atoms with Crippen molar-refractivity contribution < 1.29 is 14.6 Å². The van der Waals surface area contributed by atoms with E-state index >= 15 is 0 Å². The van der Waals surface area contributed by atoms with Crippen LogP contribution >= 0.6 is 0 Å². The van der Waals surface area contributed by atoms with Crippen molar-refractivity contribution in [1.29, 1.82) is 0 Å². The molecule has 0 aliphatic carbocycles. The summed E-state index contributed by atoms with van der Waals surface area (Å²) in [5, 5.41) is 9.78. The van der Waals surface area contributed by atoms with Crippen LogP contribution in [-0.2, 0) is 6.61 Å². The maximum absolute atomic E-state index is 11.8. The number of ketones is 1. The van der Waals surface area contributed by atoms with E-state index < -0.39 is 6.61 Å². The zero-order valence-electron chi connectivity index (χ0n) is 11.4. The molecule has 0 spiro atoms. The van der Waals surface area contributed by atoms with Crippen LogP contribution in [0.2, 0.25) is 0 Å². The fourth-order valence-corrected chi connectivity index (χ4v) is 2.31. The van der Waals surface area contributed by atoms with Crippen LogP contribution in [-0.4, -0.2) is 22.5 Å². The molecule has 2 aromatic carbocycles. The second-order valence-electron chi connectivity index (χ2n) is 4.74. The number of aliphatic hydroxyl groups is 1. The van der Waals surface area contributed by atoms with Gasteiger partial charge in [0, 0.05) is 17.3 Å². The molecule has 4 nitrogen and oxygen atoms in total. The number of rotatable bonds is 5. The number of benzene rings is 2. The highest BCUT2D eigenvalue weighted by Gasteiger charge is 2.15. The Morgan fingerprint density at radius 3 is 2.67 bits per heavy atom. The second kappa shape index (κ2) is 5.81. The molecule has 0 bridgehead atoms. The first-order valence-corrected chi connectivity index (χ1v) is 6.70. The van der Waals surface area contributed by atoms with Crippen molar-refractivity contribution in [2.45, 2.75) is 6.61 Å². The Hall–Kier alpha value is -2.59. The van der Waals surface area contributed by atoms with Crippen molar-refractivity contribution in [3.05, 3.63) is 65.9 Å². The van der Waals surface area contributed by atoms with Crippen LogP contribution in [0.1, 0.15) is 15.9 Å². The van der Waals surface area contributed by atoms with Gasteiger partial charge in [0.15, 0.2) is 5.78 Å². The lowest BCUT2D eigenvalue weighted by atomic mass is 10.1. The molecule has 0 atom stereocenters. The van der Waals surface area contributed by atoms with Crippen molar-refractivity contribution in [2.24, 2.45) is 0 Å². The van der Waals surface area contributed by atoms with Gasteiger partial charge in [0.2, 0.25) is 0 Å². The molecule has 0 saturated carbocycles. The van der Waals surface area contributed by atoms with Crippen LogP contribution in [0.4, 0.5) is 0 Å². The summed E-state index contributed by atoms with van der Waals surface area (Å²) in [5.74, 6) is 0.311. The van der Waals surface area contributed by atoms with E-state index in [-0.39, 0.29) is 5.78 Å². The van der Waals surface area contributed by atoms with Gasteiger partial charge < -0.3 is 14.8 Å². The molecule has 2 N–H and O–H groups in total. The molecule has 0 amide bonds. The smallest absolute Gasteiger partial charge is 0.190 e. The summed E-state index contributed by atoms with van der Waals surface area (Å²) in [6.45, 7) is -0.0855. The molecule has 0 unspecified atom stereocenters. The number of carbonyl (C=O) groups excluding carboxylic acids is 1. The summed E-state index contributed by atoms with van der Waals surface area (Å²) >= 11 is 0. The van der Waals surface area contributed by atoms with Crippen LogP contribution in [0.15, 0.2) is 54.7 Å². The molecule has 3 rings (SSSR count). The molecule has 0 aliphatic heterocycles. The Balaban J connectivity index is 1.94. The highest BCUT2D eigenvalue weighted by molar-refractivity contribution is 6.10. The number of hydrogen-bond donors (Lipinski definition) is 2. The lowest BCUT2D eigenvalue weighted by molar-refractivity contribution is 0.0905. The summed E-state index contributed by atoms with van der Waals surface area (Å²) < 4.78 is 5.85. The zero-order chi connectivity index (χ0) is 14.7. The fraction of sp³-hybridized carbons (Fsp3) is 0.118. The molecule has 0 aliphatic rings. The highest BCUT2D eigenvalue weighted by Crippen LogP contribution is 2.29. The van der Waals surface area contributed by atoms with Gasteiger partial charge in [0.25, 0.3) is 0 Å². The molecule has 1 aromatic heterocycles. The molecule has 0 fully saturated rings. The number of H-pyrrole nitrogens is 1. The number of fused-ring (bicyclic) bond motifs is 1. The highest BCUT2D eigenvalue weighted by atomic mass is 16.5. The summed E-state index contributed by atoms with van der Waals surface area (Å²) in [7, 11) is 0. The van der Waals surface area contributed by atoms with Gasteiger partial charge in [-0.25, -0.2) is 0 Å². The van der Waals surface area contributed by atoms with Crippen LogP contribution < -0.4 is 4.74 Å². The van der Waals surface area contributed by atoms with E-state index in [0.717, 1.165) is 11.1 Å². The number of carbonyl (C=O) groups is 1. The maximum Gasteiger partial charge on any atom is 0.190 e. The molecular formula is C17H15NO3. The second-order valence-corrected chi connectivity index (χ2v) is 4.74. The minimum Gasteiger partial charge on any atom is -0.488 e.